The molecule has 0 saturated carbocycles. The largest absolute Gasteiger partial charge is 0.370 e. The number of nitrogens with one attached hydrogen (secondary N) is 1. The van der Waals surface area contributed by atoms with Gasteiger partial charge in [-0.2, -0.15) is 10.4 Å². The van der Waals surface area contributed by atoms with E-state index in [4.69, 9.17) is 16.7 Å². The van der Waals surface area contributed by atoms with Gasteiger partial charge in [0, 0.05) is 22.7 Å². The summed E-state index contributed by atoms with van der Waals surface area (Å²) in [6.45, 7) is 0.910. The zero-order valence-electron chi connectivity index (χ0n) is 13.7. The lowest BCUT2D eigenvalue weighted by atomic mass is 10.0. The SMILES string of the molecule is N#Cc1ccccc1-n1nc(-c2ccc(Cl)cc2)c2c1NCCCC2. The number of benzene rings is 2. The lowest BCUT2D eigenvalue weighted by Gasteiger charge is -2.10. The number of nitrogens with zero attached hydrogens (tertiary/aromatic N) is 3. The third kappa shape index (κ3) is 2.88. The number of nitriles is 1. The van der Waals surface area contributed by atoms with Gasteiger partial charge in [0.25, 0.3) is 0 Å². The standard InChI is InChI=1S/C20H17ClN4/c21-16-10-8-14(9-11-16)19-17-6-3-4-12-23-20(17)25(24-19)18-7-2-1-5-15(18)13-22/h1-2,5,7-11,23H,3-4,6,12H2. The van der Waals surface area contributed by atoms with Crippen LogP contribution in [0.15, 0.2) is 48.5 Å². The Labute approximate surface area is 151 Å². The zero-order valence-corrected chi connectivity index (χ0v) is 14.4. The summed E-state index contributed by atoms with van der Waals surface area (Å²) in [5, 5.41) is 18.6. The van der Waals surface area contributed by atoms with Crippen LogP contribution in [0, 0.1) is 11.3 Å². The molecular weight excluding hydrogens is 332 g/mol. The average molecular weight is 349 g/mol. The first kappa shape index (κ1) is 15.7. The lowest BCUT2D eigenvalue weighted by Crippen LogP contribution is -2.08. The minimum atomic E-state index is 0.613. The molecule has 0 spiro atoms. The normalized spacial score (nSPS) is 13.4. The Kier molecular flexibility index (Phi) is 4.17. The predicted octanol–water partition coefficient (Wildman–Crippen LogP) is 4.81. The van der Waals surface area contributed by atoms with Crippen molar-refractivity contribution in [3.8, 4) is 23.0 Å². The molecular formula is C20H17ClN4. The summed E-state index contributed by atoms with van der Waals surface area (Å²) in [5.41, 5.74) is 4.61. The summed E-state index contributed by atoms with van der Waals surface area (Å²) in [5.74, 6) is 0.991. The first-order chi connectivity index (χ1) is 12.3. The van der Waals surface area contributed by atoms with Gasteiger partial charge in [-0.15, -0.1) is 0 Å². The molecule has 2 heterocycles. The summed E-state index contributed by atoms with van der Waals surface area (Å²) in [6, 6.07) is 17.6. The van der Waals surface area contributed by atoms with Gasteiger partial charge < -0.3 is 5.32 Å². The smallest absolute Gasteiger partial charge is 0.133 e. The third-order valence-corrected chi connectivity index (χ3v) is 4.75. The van der Waals surface area contributed by atoms with Gasteiger partial charge in [0.05, 0.1) is 16.9 Å². The Morgan fingerprint density at radius 1 is 1.08 bits per heavy atom. The molecule has 1 aromatic heterocycles. The Bertz CT molecular complexity index is 951. The van der Waals surface area contributed by atoms with E-state index in [2.05, 4.69) is 11.4 Å². The van der Waals surface area contributed by atoms with Gasteiger partial charge in [0.15, 0.2) is 0 Å². The molecule has 0 radical (unpaired) electrons. The Balaban J connectivity index is 1.94. The molecule has 3 aromatic rings. The molecule has 4 rings (SSSR count). The molecule has 0 amide bonds. The zero-order chi connectivity index (χ0) is 17.2. The van der Waals surface area contributed by atoms with Gasteiger partial charge in [-0.05, 0) is 43.5 Å². The highest BCUT2D eigenvalue weighted by Gasteiger charge is 2.22. The molecule has 124 valence electrons. The molecule has 1 aliphatic heterocycles. The minimum absolute atomic E-state index is 0.613. The van der Waals surface area contributed by atoms with E-state index < -0.39 is 0 Å². The van der Waals surface area contributed by atoms with Crippen LogP contribution >= 0.6 is 11.6 Å². The maximum Gasteiger partial charge on any atom is 0.133 e. The number of hydrogen-bond donors (Lipinski definition) is 1. The van der Waals surface area contributed by atoms with Crippen LogP contribution in [0.2, 0.25) is 5.02 Å². The fraction of sp³-hybridized carbons (Fsp3) is 0.200. The second kappa shape index (κ2) is 6.62. The van der Waals surface area contributed by atoms with Crippen LogP contribution in [0.1, 0.15) is 24.0 Å². The lowest BCUT2D eigenvalue weighted by molar-refractivity contribution is 0.780. The van der Waals surface area contributed by atoms with Gasteiger partial charge >= 0.3 is 0 Å². The van der Waals surface area contributed by atoms with E-state index in [-0.39, 0.29) is 0 Å². The topological polar surface area (TPSA) is 53.6 Å². The van der Waals surface area contributed by atoms with Crippen molar-refractivity contribution in [3.05, 3.63) is 64.7 Å². The van der Waals surface area contributed by atoms with E-state index in [0.717, 1.165) is 48.6 Å². The molecule has 0 aliphatic carbocycles. The molecule has 0 bridgehead atoms. The second-order valence-corrected chi connectivity index (χ2v) is 6.54. The summed E-state index contributed by atoms with van der Waals surface area (Å²) in [4.78, 5) is 0. The van der Waals surface area contributed by atoms with Crippen LogP contribution in [-0.4, -0.2) is 16.3 Å². The number of fused-ring (bicyclic) bond motifs is 1. The van der Waals surface area contributed by atoms with Crippen molar-refractivity contribution in [2.24, 2.45) is 0 Å². The van der Waals surface area contributed by atoms with Crippen LogP contribution in [-0.2, 0) is 6.42 Å². The van der Waals surface area contributed by atoms with Crippen molar-refractivity contribution in [1.29, 1.82) is 5.26 Å². The number of anilines is 1. The van der Waals surface area contributed by atoms with Crippen molar-refractivity contribution in [1.82, 2.24) is 9.78 Å². The van der Waals surface area contributed by atoms with Crippen molar-refractivity contribution in [3.63, 3.8) is 0 Å². The Morgan fingerprint density at radius 3 is 2.68 bits per heavy atom. The Hall–Kier alpha value is -2.77. The van der Waals surface area contributed by atoms with Crippen LogP contribution in [0.25, 0.3) is 16.9 Å². The molecule has 0 fully saturated rings. The van der Waals surface area contributed by atoms with Crippen LogP contribution in [0.5, 0.6) is 0 Å². The van der Waals surface area contributed by atoms with E-state index in [1.54, 1.807) is 0 Å². The molecule has 25 heavy (non-hydrogen) atoms. The monoisotopic (exact) mass is 348 g/mol. The van der Waals surface area contributed by atoms with Gasteiger partial charge in [0.1, 0.15) is 11.9 Å². The molecule has 0 unspecified atom stereocenters. The van der Waals surface area contributed by atoms with E-state index in [9.17, 15) is 5.26 Å². The molecule has 0 atom stereocenters. The van der Waals surface area contributed by atoms with Gasteiger partial charge in [-0.1, -0.05) is 35.9 Å². The number of aromatic nitrogens is 2. The van der Waals surface area contributed by atoms with Gasteiger partial charge in [-0.25, -0.2) is 4.68 Å². The maximum absolute atomic E-state index is 9.47. The molecule has 5 heteroatoms. The highest BCUT2D eigenvalue weighted by molar-refractivity contribution is 6.30. The molecule has 2 aromatic carbocycles. The van der Waals surface area contributed by atoms with E-state index in [1.807, 2.05) is 53.2 Å². The van der Waals surface area contributed by atoms with Crippen molar-refractivity contribution >= 4 is 17.4 Å². The molecule has 4 nitrogen and oxygen atoms in total. The fourth-order valence-electron chi connectivity index (χ4n) is 3.27. The number of hydrogen-bond acceptors (Lipinski definition) is 3. The van der Waals surface area contributed by atoms with E-state index in [0.29, 0.717) is 10.6 Å². The number of para-hydroxylation sites is 1. The summed E-state index contributed by atoms with van der Waals surface area (Å²) in [6.07, 6.45) is 3.20. The quantitative estimate of drug-likeness (QED) is 0.722. The van der Waals surface area contributed by atoms with Crippen molar-refractivity contribution in [2.75, 3.05) is 11.9 Å². The average Bonchev–Trinajstić information content (AvgIpc) is 2.83. The van der Waals surface area contributed by atoms with E-state index in [1.165, 1.54) is 5.56 Å². The van der Waals surface area contributed by atoms with Crippen molar-refractivity contribution in [2.45, 2.75) is 19.3 Å². The van der Waals surface area contributed by atoms with Crippen LogP contribution < -0.4 is 5.32 Å². The van der Waals surface area contributed by atoms with Gasteiger partial charge in [-0.3, -0.25) is 0 Å². The summed E-state index contributed by atoms with van der Waals surface area (Å²) >= 11 is 6.04. The van der Waals surface area contributed by atoms with Crippen LogP contribution in [0.4, 0.5) is 5.82 Å². The first-order valence-electron chi connectivity index (χ1n) is 8.39. The maximum atomic E-state index is 9.47. The molecule has 0 saturated heterocycles. The summed E-state index contributed by atoms with van der Waals surface area (Å²) in [7, 11) is 0. The third-order valence-electron chi connectivity index (χ3n) is 4.50. The number of halogens is 1. The van der Waals surface area contributed by atoms with Gasteiger partial charge in [0.2, 0.25) is 0 Å². The highest BCUT2D eigenvalue weighted by Crippen LogP contribution is 2.34. The van der Waals surface area contributed by atoms with Crippen LogP contribution in [0.3, 0.4) is 0 Å². The molecule has 1 N–H and O–H groups in total. The summed E-state index contributed by atoms with van der Waals surface area (Å²) < 4.78 is 1.88. The minimum Gasteiger partial charge on any atom is -0.370 e. The van der Waals surface area contributed by atoms with E-state index >= 15 is 0 Å². The second-order valence-electron chi connectivity index (χ2n) is 6.11. The fourth-order valence-corrected chi connectivity index (χ4v) is 3.40. The predicted molar refractivity (Wildman–Crippen MR) is 100 cm³/mol. The molecule has 1 aliphatic rings. The first-order valence-corrected chi connectivity index (χ1v) is 8.77. The number of rotatable bonds is 2. The highest BCUT2D eigenvalue weighted by atomic mass is 35.5. The van der Waals surface area contributed by atoms with Crippen molar-refractivity contribution < 1.29 is 0 Å². The Morgan fingerprint density at radius 2 is 1.88 bits per heavy atom.